The highest BCUT2D eigenvalue weighted by molar-refractivity contribution is 5.88. The monoisotopic (exact) mass is 297 g/mol. The van der Waals surface area contributed by atoms with Gasteiger partial charge in [0.2, 0.25) is 11.8 Å². The van der Waals surface area contributed by atoms with Gasteiger partial charge >= 0.3 is 6.03 Å². The van der Waals surface area contributed by atoms with Crippen molar-refractivity contribution in [3.8, 4) is 0 Å². The summed E-state index contributed by atoms with van der Waals surface area (Å²) >= 11 is 0. The lowest BCUT2D eigenvalue weighted by atomic mass is 10.1. The molecule has 0 aliphatic carbocycles. The summed E-state index contributed by atoms with van der Waals surface area (Å²) < 4.78 is 9.90. The van der Waals surface area contributed by atoms with Crippen LogP contribution >= 0.6 is 0 Å². The van der Waals surface area contributed by atoms with Crippen molar-refractivity contribution < 1.29 is 18.8 Å². The summed E-state index contributed by atoms with van der Waals surface area (Å²) in [5.74, 6) is 0.612. The number of ether oxygens (including phenoxy) is 1. The highest BCUT2D eigenvalue weighted by atomic mass is 16.5. The van der Waals surface area contributed by atoms with E-state index in [1.165, 1.54) is 4.90 Å². The molecule has 0 aromatic carbocycles. The fourth-order valence-electron chi connectivity index (χ4n) is 2.11. The van der Waals surface area contributed by atoms with E-state index in [1.807, 2.05) is 0 Å². The van der Waals surface area contributed by atoms with E-state index in [2.05, 4.69) is 20.8 Å². The molecule has 0 radical (unpaired) electrons. The molecule has 9 heteroatoms. The lowest BCUT2D eigenvalue weighted by Gasteiger charge is -2.34. The summed E-state index contributed by atoms with van der Waals surface area (Å²) in [5, 5.41) is 9.13. The van der Waals surface area contributed by atoms with Crippen LogP contribution in [0.5, 0.6) is 0 Å². The standard InChI is InChI=1S/C12H19N5O4/c1-8-15-10(21-16-8)7-9-11(18)13-3-5-17(9)12(19)14-4-6-20-2/h9H,3-7H2,1-2H3,(H,13,18)(H,14,19). The van der Waals surface area contributed by atoms with E-state index < -0.39 is 6.04 Å². The maximum absolute atomic E-state index is 12.1. The van der Waals surface area contributed by atoms with Crippen LogP contribution in [-0.2, 0) is 16.0 Å². The maximum Gasteiger partial charge on any atom is 0.318 e. The van der Waals surface area contributed by atoms with Crippen molar-refractivity contribution in [2.24, 2.45) is 0 Å². The van der Waals surface area contributed by atoms with Crippen molar-refractivity contribution in [2.75, 3.05) is 33.4 Å². The third-order valence-electron chi connectivity index (χ3n) is 3.11. The molecule has 0 saturated carbocycles. The van der Waals surface area contributed by atoms with E-state index in [4.69, 9.17) is 9.26 Å². The quantitative estimate of drug-likeness (QED) is 0.680. The second-order valence-electron chi connectivity index (χ2n) is 4.66. The van der Waals surface area contributed by atoms with Gasteiger partial charge in [-0.2, -0.15) is 4.98 Å². The molecule has 21 heavy (non-hydrogen) atoms. The summed E-state index contributed by atoms with van der Waals surface area (Å²) in [6, 6.07) is -0.954. The molecule has 2 N–H and O–H groups in total. The smallest absolute Gasteiger partial charge is 0.318 e. The number of aryl methyl sites for hydroxylation is 1. The maximum atomic E-state index is 12.1. The topological polar surface area (TPSA) is 110 Å². The summed E-state index contributed by atoms with van der Waals surface area (Å²) in [7, 11) is 1.56. The van der Waals surface area contributed by atoms with Crippen LogP contribution in [0.2, 0.25) is 0 Å². The first kappa shape index (κ1) is 15.2. The molecular formula is C12H19N5O4. The van der Waals surface area contributed by atoms with Gasteiger partial charge in [0.05, 0.1) is 13.0 Å². The number of rotatable bonds is 5. The van der Waals surface area contributed by atoms with Crippen LogP contribution in [0.25, 0.3) is 0 Å². The van der Waals surface area contributed by atoms with Gasteiger partial charge in [0.1, 0.15) is 6.04 Å². The number of urea groups is 1. The molecule has 1 unspecified atom stereocenters. The molecule has 1 aromatic heterocycles. The van der Waals surface area contributed by atoms with Gasteiger partial charge in [0.25, 0.3) is 0 Å². The van der Waals surface area contributed by atoms with Crippen molar-refractivity contribution in [1.82, 2.24) is 25.7 Å². The zero-order chi connectivity index (χ0) is 15.2. The zero-order valence-electron chi connectivity index (χ0n) is 12.1. The van der Waals surface area contributed by atoms with Crippen molar-refractivity contribution in [3.63, 3.8) is 0 Å². The van der Waals surface area contributed by atoms with Crippen molar-refractivity contribution in [1.29, 1.82) is 0 Å². The van der Waals surface area contributed by atoms with E-state index in [9.17, 15) is 9.59 Å². The number of nitrogens with one attached hydrogen (secondary N) is 2. The molecular weight excluding hydrogens is 278 g/mol. The Labute approximate surface area is 122 Å². The predicted molar refractivity (Wildman–Crippen MR) is 71.5 cm³/mol. The number of carbonyl (C=O) groups is 2. The highest BCUT2D eigenvalue weighted by Gasteiger charge is 2.34. The van der Waals surface area contributed by atoms with Gasteiger partial charge in [-0.1, -0.05) is 5.16 Å². The third kappa shape index (κ3) is 3.91. The SMILES string of the molecule is COCCNC(=O)N1CCNC(=O)C1Cc1nc(C)no1. The number of nitrogens with zero attached hydrogens (tertiary/aromatic N) is 3. The molecule has 116 valence electrons. The fraction of sp³-hybridized carbons (Fsp3) is 0.667. The van der Waals surface area contributed by atoms with E-state index in [0.29, 0.717) is 38.0 Å². The lowest BCUT2D eigenvalue weighted by Crippen LogP contribution is -2.60. The number of hydrogen-bond donors (Lipinski definition) is 2. The summed E-state index contributed by atoms with van der Waals surface area (Å²) in [6.07, 6.45) is 0.199. The fourth-order valence-corrected chi connectivity index (χ4v) is 2.11. The Morgan fingerprint density at radius 2 is 2.43 bits per heavy atom. The van der Waals surface area contributed by atoms with Crippen LogP contribution in [0.3, 0.4) is 0 Å². The number of carbonyl (C=O) groups excluding carboxylic acids is 2. The number of hydrogen-bond acceptors (Lipinski definition) is 6. The number of aromatic nitrogens is 2. The van der Waals surface area contributed by atoms with Crippen LogP contribution < -0.4 is 10.6 Å². The van der Waals surface area contributed by atoms with Crippen molar-refractivity contribution in [3.05, 3.63) is 11.7 Å². The van der Waals surface area contributed by atoms with Gasteiger partial charge in [0, 0.05) is 26.7 Å². The molecule has 1 aliphatic rings. The lowest BCUT2D eigenvalue weighted by molar-refractivity contribution is -0.127. The Balaban J connectivity index is 2.02. The van der Waals surface area contributed by atoms with E-state index in [-0.39, 0.29) is 18.4 Å². The molecule has 2 rings (SSSR count). The van der Waals surface area contributed by atoms with E-state index in [1.54, 1.807) is 14.0 Å². The van der Waals surface area contributed by atoms with Gasteiger partial charge < -0.3 is 24.8 Å². The van der Waals surface area contributed by atoms with Crippen LogP contribution in [0.4, 0.5) is 4.79 Å². The van der Waals surface area contributed by atoms with Gasteiger partial charge in [-0.25, -0.2) is 4.79 Å². The summed E-state index contributed by atoms with van der Waals surface area (Å²) in [6.45, 7) is 3.36. The molecule has 1 saturated heterocycles. The first-order chi connectivity index (χ1) is 10.1. The van der Waals surface area contributed by atoms with Crippen LogP contribution in [0, 0.1) is 6.92 Å². The van der Waals surface area contributed by atoms with Gasteiger partial charge in [-0.3, -0.25) is 4.79 Å². The molecule has 2 heterocycles. The van der Waals surface area contributed by atoms with Crippen LogP contribution in [0.1, 0.15) is 11.7 Å². The minimum absolute atomic E-state index is 0.199. The molecule has 1 fully saturated rings. The molecule has 1 aromatic rings. The summed E-state index contributed by atoms with van der Waals surface area (Å²) in [4.78, 5) is 29.7. The van der Waals surface area contributed by atoms with E-state index in [0.717, 1.165) is 0 Å². The Bertz CT molecular complexity index is 504. The first-order valence-corrected chi connectivity index (χ1v) is 6.72. The third-order valence-corrected chi connectivity index (χ3v) is 3.11. The molecule has 3 amide bonds. The van der Waals surface area contributed by atoms with Crippen molar-refractivity contribution in [2.45, 2.75) is 19.4 Å². The van der Waals surface area contributed by atoms with Crippen molar-refractivity contribution >= 4 is 11.9 Å². The molecule has 1 aliphatic heterocycles. The number of methoxy groups -OCH3 is 1. The number of piperazine rings is 1. The normalized spacial score (nSPS) is 18.5. The second-order valence-corrected chi connectivity index (χ2v) is 4.66. The van der Waals surface area contributed by atoms with Gasteiger partial charge in [-0.05, 0) is 6.92 Å². The number of amides is 3. The summed E-state index contributed by atoms with van der Waals surface area (Å²) in [5.41, 5.74) is 0. The van der Waals surface area contributed by atoms with Gasteiger partial charge in [0.15, 0.2) is 5.82 Å². The molecule has 9 nitrogen and oxygen atoms in total. The van der Waals surface area contributed by atoms with Gasteiger partial charge in [-0.15, -0.1) is 0 Å². The molecule has 0 bridgehead atoms. The van der Waals surface area contributed by atoms with Crippen LogP contribution in [0.15, 0.2) is 4.52 Å². The average molecular weight is 297 g/mol. The van der Waals surface area contributed by atoms with E-state index >= 15 is 0 Å². The molecule has 1 atom stereocenters. The highest BCUT2D eigenvalue weighted by Crippen LogP contribution is 2.11. The Hall–Kier alpha value is -2.16. The second kappa shape index (κ2) is 7.02. The van der Waals surface area contributed by atoms with Crippen LogP contribution in [-0.4, -0.2) is 66.4 Å². The largest absolute Gasteiger partial charge is 0.383 e. The minimum atomic E-state index is -0.652. The predicted octanol–water partition coefficient (Wildman–Crippen LogP) is -0.923. The average Bonchev–Trinajstić information content (AvgIpc) is 2.86. The molecule has 0 spiro atoms. The Morgan fingerprint density at radius 3 is 3.10 bits per heavy atom. The Morgan fingerprint density at radius 1 is 1.62 bits per heavy atom. The first-order valence-electron chi connectivity index (χ1n) is 6.72. The zero-order valence-corrected chi connectivity index (χ0v) is 12.1. The minimum Gasteiger partial charge on any atom is -0.383 e. The Kier molecular flexibility index (Phi) is 5.09.